The van der Waals surface area contributed by atoms with Gasteiger partial charge in [0.1, 0.15) is 4.90 Å². The topological polar surface area (TPSA) is 74.7 Å². The first-order chi connectivity index (χ1) is 9.73. The zero-order valence-corrected chi connectivity index (χ0v) is 13.5. The monoisotopic (exact) mass is 331 g/mol. The molecule has 7 heteroatoms. The fourth-order valence-electron chi connectivity index (χ4n) is 2.64. The molecule has 1 N–H and O–H groups in total. The van der Waals surface area contributed by atoms with Crippen molar-refractivity contribution in [2.24, 2.45) is 11.8 Å². The zero-order valence-electron chi connectivity index (χ0n) is 11.9. The van der Waals surface area contributed by atoms with Crippen LogP contribution in [-0.2, 0) is 14.8 Å². The van der Waals surface area contributed by atoms with Gasteiger partial charge in [0.15, 0.2) is 0 Å². The van der Waals surface area contributed by atoms with Crippen LogP contribution in [0.15, 0.2) is 23.1 Å². The molecule has 21 heavy (non-hydrogen) atoms. The van der Waals surface area contributed by atoms with E-state index >= 15 is 0 Å². The highest BCUT2D eigenvalue weighted by Crippen LogP contribution is 2.31. The molecule has 0 radical (unpaired) electrons. The van der Waals surface area contributed by atoms with Gasteiger partial charge in [-0.25, -0.2) is 8.42 Å². The Labute approximate surface area is 129 Å². The van der Waals surface area contributed by atoms with E-state index in [1.165, 1.54) is 10.4 Å². The largest absolute Gasteiger partial charge is 0.481 e. The van der Waals surface area contributed by atoms with Crippen molar-refractivity contribution in [2.45, 2.75) is 25.2 Å². The summed E-state index contributed by atoms with van der Waals surface area (Å²) in [5, 5.41) is 9.36. The molecule has 1 aliphatic heterocycles. The number of rotatable bonds is 3. The van der Waals surface area contributed by atoms with Crippen molar-refractivity contribution >= 4 is 27.6 Å². The van der Waals surface area contributed by atoms with Gasteiger partial charge < -0.3 is 5.11 Å². The number of piperidine rings is 1. The highest BCUT2D eigenvalue weighted by Gasteiger charge is 2.37. The molecule has 1 aromatic rings. The van der Waals surface area contributed by atoms with Crippen LogP contribution in [0.25, 0.3) is 0 Å². The van der Waals surface area contributed by atoms with Crippen molar-refractivity contribution in [2.75, 3.05) is 13.1 Å². The van der Waals surface area contributed by atoms with Crippen LogP contribution >= 0.6 is 11.6 Å². The van der Waals surface area contributed by atoms with E-state index in [-0.39, 0.29) is 22.4 Å². The minimum Gasteiger partial charge on any atom is -0.481 e. The van der Waals surface area contributed by atoms with Gasteiger partial charge >= 0.3 is 5.97 Å². The molecule has 2 unspecified atom stereocenters. The number of hydrogen-bond donors (Lipinski definition) is 1. The molecular formula is C14H18ClNO4S. The number of aryl methyl sites for hydroxylation is 1. The molecule has 2 atom stereocenters. The van der Waals surface area contributed by atoms with Crippen molar-refractivity contribution in [1.29, 1.82) is 0 Å². The van der Waals surface area contributed by atoms with E-state index in [4.69, 9.17) is 16.7 Å². The third-order valence-electron chi connectivity index (χ3n) is 3.75. The lowest BCUT2D eigenvalue weighted by Gasteiger charge is -2.34. The maximum atomic E-state index is 12.7. The second kappa shape index (κ2) is 5.94. The van der Waals surface area contributed by atoms with E-state index < -0.39 is 21.9 Å². The molecule has 0 saturated carbocycles. The van der Waals surface area contributed by atoms with Crippen LogP contribution in [0.5, 0.6) is 0 Å². The second-order valence-electron chi connectivity index (χ2n) is 5.59. The third-order valence-corrected chi connectivity index (χ3v) is 6.24. The van der Waals surface area contributed by atoms with Gasteiger partial charge in [0.05, 0.1) is 10.9 Å². The number of halogens is 1. The summed E-state index contributed by atoms with van der Waals surface area (Å²) in [6.07, 6.45) is 0.489. The lowest BCUT2D eigenvalue weighted by Crippen LogP contribution is -2.45. The SMILES string of the molecule is Cc1cccc(S(=O)(=O)N2CC(C)CC(C(=O)O)C2)c1Cl. The van der Waals surface area contributed by atoms with E-state index in [1.807, 2.05) is 6.92 Å². The van der Waals surface area contributed by atoms with Gasteiger partial charge in [0.2, 0.25) is 10.0 Å². The summed E-state index contributed by atoms with van der Waals surface area (Å²) in [5.74, 6) is -1.64. The molecule has 2 rings (SSSR count). The molecule has 0 aliphatic carbocycles. The van der Waals surface area contributed by atoms with Gasteiger partial charge in [-0.3, -0.25) is 4.79 Å². The van der Waals surface area contributed by atoms with Gasteiger partial charge in [-0.1, -0.05) is 30.7 Å². The lowest BCUT2D eigenvalue weighted by molar-refractivity contribution is -0.143. The van der Waals surface area contributed by atoms with Crippen LogP contribution < -0.4 is 0 Å². The van der Waals surface area contributed by atoms with E-state index in [1.54, 1.807) is 19.1 Å². The lowest BCUT2D eigenvalue weighted by atomic mass is 9.92. The Balaban J connectivity index is 2.39. The van der Waals surface area contributed by atoms with Crippen LogP contribution in [0.1, 0.15) is 18.9 Å². The highest BCUT2D eigenvalue weighted by molar-refractivity contribution is 7.89. The molecule has 0 bridgehead atoms. The number of benzene rings is 1. The maximum absolute atomic E-state index is 12.7. The zero-order chi connectivity index (χ0) is 15.8. The Bertz CT molecular complexity index is 659. The third kappa shape index (κ3) is 3.22. The molecule has 0 amide bonds. The Morgan fingerprint density at radius 1 is 1.38 bits per heavy atom. The normalized spacial score (nSPS) is 24.0. The maximum Gasteiger partial charge on any atom is 0.307 e. The smallest absolute Gasteiger partial charge is 0.307 e. The number of carboxylic acids is 1. The summed E-state index contributed by atoms with van der Waals surface area (Å²) < 4.78 is 26.7. The Morgan fingerprint density at radius 2 is 2.05 bits per heavy atom. The molecule has 1 aromatic carbocycles. The van der Waals surface area contributed by atoms with Gasteiger partial charge in [0, 0.05) is 13.1 Å². The molecule has 1 aliphatic rings. The van der Waals surface area contributed by atoms with Gasteiger partial charge in [-0.05, 0) is 30.9 Å². The average Bonchev–Trinajstić information content (AvgIpc) is 2.40. The summed E-state index contributed by atoms with van der Waals surface area (Å²) in [6, 6.07) is 4.83. The summed E-state index contributed by atoms with van der Waals surface area (Å²) in [7, 11) is -3.78. The Hall–Kier alpha value is -1.11. The van der Waals surface area contributed by atoms with Gasteiger partial charge in [-0.15, -0.1) is 0 Å². The average molecular weight is 332 g/mol. The number of carboxylic acid groups (broad SMARTS) is 1. The van der Waals surface area contributed by atoms with Crippen LogP contribution in [0.2, 0.25) is 5.02 Å². The molecule has 1 fully saturated rings. The van der Waals surface area contributed by atoms with Crippen LogP contribution in [0.4, 0.5) is 0 Å². The molecule has 1 saturated heterocycles. The minimum atomic E-state index is -3.78. The highest BCUT2D eigenvalue weighted by atomic mass is 35.5. The second-order valence-corrected chi connectivity index (χ2v) is 7.87. The number of aliphatic carboxylic acids is 1. The van der Waals surface area contributed by atoms with Crippen LogP contribution in [-0.4, -0.2) is 36.9 Å². The fourth-order valence-corrected chi connectivity index (χ4v) is 4.80. The summed E-state index contributed by atoms with van der Waals surface area (Å²) in [5.41, 5.74) is 0.678. The van der Waals surface area contributed by atoms with Crippen LogP contribution in [0, 0.1) is 18.8 Å². The van der Waals surface area contributed by atoms with Crippen molar-refractivity contribution in [3.8, 4) is 0 Å². The minimum absolute atomic E-state index is 0.00166. The van der Waals surface area contributed by atoms with E-state index in [0.29, 0.717) is 18.5 Å². The first-order valence-corrected chi connectivity index (χ1v) is 8.53. The summed E-state index contributed by atoms with van der Waals surface area (Å²) >= 11 is 6.11. The number of hydrogen-bond acceptors (Lipinski definition) is 3. The Morgan fingerprint density at radius 3 is 2.67 bits per heavy atom. The summed E-state index contributed by atoms with van der Waals surface area (Å²) in [6.45, 7) is 3.90. The van der Waals surface area contributed by atoms with E-state index in [2.05, 4.69) is 0 Å². The van der Waals surface area contributed by atoms with Gasteiger partial charge in [0.25, 0.3) is 0 Å². The van der Waals surface area contributed by atoms with Crippen molar-refractivity contribution in [3.63, 3.8) is 0 Å². The summed E-state index contributed by atoms with van der Waals surface area (Å²) in [4.78, 5) is 11.2. The molecule has 0 aromatic heterocycles. The van der Waals surface area contributed by atoms with Gasteiger partial charge in [-0.2, -0.15) is 4.31 Å². The first kappa shape index (κ1) is 16.3. The van der Waals surface area contributed by atoms with E-state index in [9.17, 15) is 13.2 Å². The predicted octanol–water partition coefficient (Wildman–Crippen LogP) is 2.38. The Kier molecular flexibility index (Phi) is 4.60. The molecular weight excluding hydrogens is 314 g/mol. The number of carbonyl (C=O) groups is 1. The quantitative estimate of drug-likeness (QED) is 0.922. The molecule has 5 nitrogen and oxygen atoms in total. The molecule has 116 valence electrons. The fraction of sp³-hybridized carbons (Fsp3) is 0.500. The van der Waals surface area contributed by atoms with E-state index in [0.717, 1.165) is 0 Å². The van der Waals surface area contributed by atoms with Crippen molar-refractivity contribution in [1.82, 2.24) is 4.31 Å². The standard InChI is InChI=1S/C14H18ClNO4S/c1-9-6-11(14(17)18)8-16(7-9)21(19,20)12-5-3-4-10(2)13(12)15/h3-5,9,11H,6-8H2,1-2H3,(H,17,18). The van der Waals surface area contributed by atoms with Crippen molar-refractivity contribution in [3.05, 3.63) is 28.8 Å². The number of sulfonamides is 1. The van der Waals surface area contributed by atoms with Crippen LogP contribution in [0.3, 0.4) is 0 Å². The number of nitrogens with zero attached hydrogens (tertiary/aromatic N) is 1. The molecule has 1 heterocycles. The van der Waals surface area contributed by atoms with Crippen molar-refractivity contribution < 1.29 is 18.3 Å². The first-order valence-electron chi connectivity index (χ1n) is 6.71. The predicted molar refractivity (Wildman–Crippen MR) is 79.9 cm³/mol. The molecule has 0 spiro atoms.